The first-order valence-corrected chi connectivity index (χ1v) is 12.3. The molecule has 2 aromatic carbocycles. The summed E-state index contributed by atoms with van der Waals surface area (Å²) in [6, 6.07) is 15.5. The standard InChI is InChI=1S/C26H27N9O2/c27-26-32-23(22-24(33-26)30-16-29-22)28-10-9-20-31-19-8-4-5-17(15-34-11-13-37-14-12-34)21(19)25(36)35(20)18-6-2-1-3-7-18/h1-8,16H,9-15H2,(H4,27,28,29,30,32,33). The van der Waals surface area contributed by atoms with Crippen LogP contribution in [0.1, 0.15) is 11.4 Å². The van der Waals surface area contributed by atoms with Crippen molar-refractivity contribution in [2.24, 2.45) is 0 Å². The van der Waals surface area contributed by atoms with Gasteiger partial charge in [0, 0.05) is 32.6 Å². The van der Waals surface area contributed by atoms with Crippen LogP contribution in [0.4, 0.5) is 11.8 Å². The number of hydrogen-bond donors (Lipinski definition) is 3. The van der Waals surface area contributed by atoms with Gasteiger partial charge in [0.15, 0.2) is 11.5 Å². The Morgan fingerprint density at radius 3 is 2.70 bits per heavy atom. The van der Waals surface area contributed by atoms with Crippen LogP contribution in [0.5, 0.6) is 0 Å². The van der Waals surface area contributed by atoms with Crippen molar-refractivity contribution < 1.29 is 4.74 Å². The Labute approximate surface area is 212 Å². The molecule has 37 heavy (non-hydrogen) atoms. The number of nitrogens with two attached hydrogens (primary N) is 1. The topological polar surface area (TPSA) is 140 Å². The van der Waals surface area contributed by atoms with Gasteiger partial charge in [-0.3, -0.25) is 14.3 Å². The number of aromatic nitrogens is 6. The third-order valence-electron chi connectivity index (χ3n) is 6.51. The van der Waals surface area contributed by atoms with Crippen LogP contribution in [0, 0.1) is 0 Å². The van der Waals surface area contributed by atoms with Crippen molar-refractivity contribution >= 4 is 33.8 Å². The molecule has 188 valence electrons. The van der Waals surface area contributed by atoms with Crippen LogP contribution in [-0.2, 0) is 17.7 Å². The van der Waals surface area contributed by atoms with Crippen LogP contribution in [0.25, 0.3) is 27.8 Å². The SMILES string of the molecule is Nc1nc(NCCc2nc3cccc(CN4CCOCC4)c3c(=O)n2-c2ccccc2)c2[nH]cnc2n1. The number of fused-ring (bicyclic) bond motifs is 2. The highest BCUT2D eigenvalue weighted by Gasteiger charge is 2.18. The minimum Gasteiger partial charge on any atom is -0.379 e. The molecule has 4 heterocycles. The predicted molar refractivity (Wildman–Crippen MR) is 142 cm³/mol. The summed E-state index contributed by atoms with van der Waals surface area (Å²) in [6.07, 6.45) is 2.03. The molecule has 5 aromatic rings. The Morgan fingerprint density at radius 2 is 1.86 bits per heavy atom. The van der Waals surface area contributed by atoms with Crippen molar-refractivity contribution in [3.05, 3.63) is 76.6 Å². The summed E-state index contributed by atoms with van der Waals surface area (Å²) in [7, 11) is 0. The van der Waals surface area contributed by atoms with E-state index in [4.69, 9.17) is 15.5 Å². The van der Waals surface area contributed by atoms with Crippen LogP contribution in [0.15, 0.2) is 59.7 Å². The maximum atomic E-state index is 14.0. The number of anilines is 2. The molecule has 0 radical (unpaired) electrons. The highest BCUT2D eigenvalue weighted by Crippen LogP contribution is 2.20. The number of nitrogens with one attached hydrogen (secondary N) is 2. The van der Waals surface area contributed by atoms with Gasteiger partial charge in [-0.25, -0.2) is 9.97 Å². The molecule has 3 aromatic heterocycles. The van der Waals surface area contributed by atoms with E-state index in [9.17, 15) is 4.79 Å². The third-order valence-corrected chi connectivity index (χ3v) is 6.51. The van der Waals surface area contributed by atoms with Gasteiger partial charge in [0.2, 0.25) is 5.95 Å². The van der Waals surface area contributed by atoms with Crippen molar-refractivity contribution in [1.29, 1.82) is 0 Å². The highest BCUT2D eigenvalue weighted by molar-refractivity contribution is 5.83. The normalized spacial score (nSPS) is 14.4. The maximum absolute atomic E-state index is 14.0. The summed E-state index contributed by atoms with van der Waals surface area (Å²) in [6.45, 7) is 4.26. The molecule has 4 N–H and O–H groups in total. The molecule has 11 nitrogen and oxygen atoms in total. The second-order valence-corrected chi connectivity index (χ2v) is 8.91. The molecule has 0 unspecified atom stereocenters. The molecule has 0 amide bonds. The van der Waals surface area contributed by atoms with Crippen LogP contribution in [0.2, 0.25) is 0 Å². The Bertz CT molecular complexity index is 1610. The van der Waals surface area contributed by atoms with E-state index in [0.717, 1.165) is 24.3 Å². The Kier molecular flexibility index (Phi) is 6.21. The average molecular weight is 498 g/mol. The number of nitrogens with zero attached hydrogens (tertiary/aromatic N) is 6. The molecule has 0 spiro atoms. The number of aromatic amines is 1. The number of imidazole rings is 1. The van der Waals surface area contributed by atoms with E-state index in [2.05, 4.69) is 30.2 Å². The Morgan fingerprint density at radius 1 is 1.03 bits per heavy atom. The zero-order chi connectivity index (χ0) is 25.2. The molecule has 0 bridgehead atoms. The van der Waals surface area contributed by atoms with E-state index < -0.39 is 0 Å². The molecule has 1 aliphatic rings. The summed E-state index contributed by atoms with van der Waals surface area (Å²) in [5.41, 5.74) is 9.39. The van der Waals surface area contributed by atoms with Crippen LogP contribution in [-0.4, -0.2) is 67.2 Å². The van der Waals surface area contributed by atoms with Gasteiger partial charge in [-0.05, 0) is 23.8 Å². The second-order valence-electron chi connectivity index (χ2n) is 8.91. The van der Waals surface area contributed by atoms with Gasteiger partial charge in [-0.1, -0.05) is 30.3 Å². The van der Waals surface area contributed by atoms with Gasteiger partial charge in [0.25, 0.3) is 5.56 Å². The zero-order valence-corrected chi connectivity index (χ0v) is 20.2. The molecule has 6 rings (SSSR count). The van der Waals surface area contributed by atoms with Crippen LogP contribution >= 0.6 is 0 Å². The summed E-state index contributed by atoms with van der Waals surface area (Å²) >= 11 is 0. The number of benzene rings is 2. The lowest BCUT2D eigenvalue weighted by Gasteiger charge is -2.27. The first kappa shape index (κ1) is 23.1. The average Bonchev–Trinajstić information content (AvgIpc) is 3.38. The summed E-state index contributed by atoms with van der Waals surface area (Å²) in [5.74, 6) is 1.35. The quantitative estimate of drug-likeness (QED) is 0.308. The van der Waals surface area contributed by atoms with E-state index in [0.29, 0.717) is 66.4 Å². The molecular formula is C26H27N9O2. The van der Waals surface area contributed by atoms with Gasteiger partial charge in [0.1, 0.15) is 11.3 Å². The van der Waals surface area contributed by atoms with E-state index in [-0.39, 0.29) is 11.5 Å². The van der Waals surface area contributed by atoms with Crippen LogP contribution in [0.3, 0.4) is 0 Å². The lowest BCUT2D eigenvalue weighted by atomic mass is 10.1. The van der Waals surface area contributed by atoms with Gasteiger partial charge in [-0.2, -0.15) is 9.97 Å². The molecule has 0 atom stereocenters. The van der Waals surface area contributed by atoms with Gasteiger partial charge in [0.05, 0.1) is 36.1 Å². The monoisotopic (exact) mass is 497 g/mol. The Hall–Kier alpha value is -4.35. The fourth-order valence-electron chi connectivity index (χ4n) is 4.76. The number of morpholine rings is 1. The number of H-pyrrole nitrogens is 1. The van der Waals surface area contributed by atoms with E-state index in [1.165, 1.54) is 0 Å². The second kappa shape index (κ2) is 9.96. The maximum Gasteiger partial charge on any atom is 0.266 e. The number of rotatable bonds is 7. The fourth-order valence-corrected chi connectivity index (χ4v) is 4.76. The molecular weight excluding hydrogens is 470 g/mol. The van der Waals surface area contributed by atoms with Crippen molar-refractivity contribution in [2.45, 2.75) is 13.0 Å². The molecule has 1 saturated heterocycles. The molecule has 0 aliphatic carbocycles. The first-order chi connectivity index (χ1) is 18.2. The number of para-hydroxylation sites is 1. The summed E-state index contributed by atoms with van der Waals surface area (Å²) in [4.78, 5) is 36.9. The summed E-state index contributed by atoms with van der Waals surface area (Å²) in [5, 5.41) is 3.95. The fraction of sp³-hybridized carbons (Fsp3) is 0.269. The largest absolute Gasteiger partial charge is 0.379 e. The number of hydrogen-bond acceptors (Lipinski definition) is 9. The minimum absolute atomic E-state index is 0.0719. The van der Waals surface area contributed by atoms with E-state index >= 15 is 0 Å². The van der Waals surface area contributed by atoms with Crippen LogP contribution < -0.4 is 16.6 Å². The van der Waals surface area contributed by atoms with Crippen molar-refractivity contribution in [3.63, 3.8) is 0 Å². The van der Waals surface area contributed by atoms with Crippen molar-refractivity contribution in [3.8, 4) is 5.69 Å². The van der Waals surface area contributed by atoms with Crippen molar-refractivity contribution in [2.75, 3.05) is 43.9 Å². The molecule has 0 saturated carbocycles. The third kappa shape index (κ3) is 4.61. The summed E-state index contributed by atoms with van der Waals surface area (Å²) < 4.78 is 7.21. The first-order valence-electron chi connectivity index (χ1n) is 12.3. The van der Waals surface area contributed by atoms with Gasteiger partial charge < -0.3 is 20.8 Å². The molecule has 1 aliphatic heterocycles. The van der Waals surface area contributed by atoms with Crippen molar-refractivity contribution in [1.82, 2.24) is 34.4 Å². The van der Waals surface area contributed by atoms with E-state index in [1.807, 2.05) is 48.5 Å². The lowest BCUT2D eigenvalue weighted by molar-refractivity contribution is 0.0343. The van der Waals surface area contributed by atoms with Gasteiger partial charge in [-0.15, -0.1) is 0 Å². The smallest absolute Gasteiger partial charge is 0.266 e. The predicted octanol–water partition coefficient (Wildman–Crippen LogP) is 2.12. The number of ether oxygens (including phenoxy) is 1. The van der Waals surface area contributed by atoms with E-state index in [1.54, 1.807) is 10.9 Å². The number of nitrogen functional groups attached to an aromatic ring is 1. The molecule has 11 heteroatoms. The molecule has 1 fully saturated rings. The minimum atomic E-state index is -0.0719. The Balaban J connectivity index is 1.37. The van der Waals surface area contributed by atoms with Gasteiger partial charge >= 0.3 is 0 Å². The lowest BCUT2D eigenvalue weighted by Crippen LogP contribution is -2.36. The zero-order valence-electron chi connectivity index (χ0n) is 20.2. The highest BCUT2D eigenvalue weighted by atomic mass is 16.5.